The Morgan fingerprint density at radius 2 is 1.00 bits per heavy atom. The Morgan fingerprint density at radius 1 is 0.769 bits per heavy atom. The summed E-state index contributed by atoms with van der Waals surface area (Å²) in [6, 6.07) is 0. The SMILES string of the molecule is FC(OC(F)C(Cl)(Cl)Cl)C(Cl)(Cl)Cl. The quantitative estimate of drug-likeness (QED) is 0.689. The van der Waals surface area contributed by atoms with Crippen LogP contribution in [-0.2, 0) is 4.74 Å². The van der Waals surface area contributed by atoms with Crippen molar-refractivity contribution in [2.45, 2.75) is 20.3 Å². The Kier molecular flexibility index (Phi) is 5.67. The van der Waals surface area contributed by atoms with E-state index in [4.69, 9.17) is 69.6 Å². The van der Waals surface area contributed by atoms with Crippen LogP contribution in [0.5, 0.6) is 0 Å². The van der Waals surface area contributed by atoms with E-state index in [0.717, 1.165) is 0 Å². The van der Waals surface area contributed by atoms with E-state index in [-0.39, 0.29) is 0 Å². The molecule has 0 rings (SSSR count). The first-order valence-electron chi connectivity index (χ1n) is 2.62. The van der Waals surface area contributed by atoms with Gasteiger partial charge in [-0.1, -0.05) is 69.6 Å². The van der Waals surface area contributed by atoms with Crippen LogP contribution < -0.4 is 0 Å². The maximum atomic E-state index is 12.7. The van der Waals surface area contributed by atoms with Crippen molar-refractivity contribution >= 4 is 69.6 Å². The molecule has 0 aliphatic carbocycles. The zero-order chi connectivity index (χ0) is 10.9. The summed E-state index contributed by atoms with van der Waals surface area (Å²) >= 11 is 30.1. The Balaban J connectivity index is 4.15. The molecular weight excluding hydrogens is 315 g/mol. The minimum absolute atomic E-state index is 2.43. The highest BCUT2D eigenvalue weighted by molar-refractivity contribution is 6.68. The molecular formula is C4H2Cl6F2O. The number of ether oxygens (including phenoxy) is 1. The average molecular weight is 317 g/mol. The minimum Gasteiger partial charge on any atom is -0.306 e. The van der Waals surface area contributed by atoms with Crippen LogP contribution in [-0.4, -0.2) is 20.3 Å². The monoisotopic (exact) mass is 314 g/mol. The summed E-state index contributed by atoms with van der Waals surface area (Å²) in [5.41, 5.74) is 0. The summed E-state index contributed by atoms with van der Waals surface area (Å²) in [5, 5.41) is 0. The predicted molar refractivity (Wildman–Crippen MR) is 51.5 cm³/mol. The lowest BCUT2D eigenvalue weighted by atomic mass is 10.7. The summed E-state index contributed by atoms with van der Waals surface area (Å²) in [5.74, 6) is 0. The topological polar surface area (TPSA) is 9.23 Å². The molecule has 2 atom stereocenters. The van der Waals surface area contributed by atoms with Crippen LogP contribution >= 0.6 is 69.6 Å². The highest BCUT2D eigenvalue weighted by Gasteiger charge is 2.42. The molecule has 0 N–H and O–H groups in total. The molecule has 0 radical (unpaired) electrons. The van der Waals surface area contributed by atoms with Crippen molar-refractivity contribution < 1.29 is 13.5 Å². The van der Waals surface area contributed by atoms with Gasteiger partial charge in [0.25, 0.3) is 0 Å². The van der Waals surface area contributed by atoms with E-state index in [9.17, 15) is 8.78 Å². The summed E-state index contributed by atoms with van der Waals surface area (Å²) in [6.07, 6.45) is -5.05. The Hall–Kier alpha value is 1.56. The maximum Gasteiger partial charge on any atom is 0.249 e. The summed E-state index contributed by atoms with van der Waals surface area (Å²) in [4.78, 5) is 0. The molecule has 0 saturated carbocycles. The Bertz CT molecular complexity index is 147. The van der Waals surface area contributed by atoms with Gasteiger partial charge in [0.15, 0.2) is 0 Å². The van der Waals surface area contributed by atoms with Crippen LogP contribution in [0.2, 0.25) is 0 Å². The molecule has 0 aromatic rings. The molecule has 0 aromatic carbocycles. The molecule has 0 aliphatic rings. The number of hydrogen-bond donors (Lipinski definition) is 0. The Labute approximate surface area is 103 Å². The molecule has 0 spiro atoms. The van der Waals surface area contributed by atoms with E-state index in [1.54, 1.807) is 0 Å². The molecule has 0 bridgehead atoms. The zero-order valence-corrected chi connectivity index (χ0v) is 10.1. The minimum atomic E-state index is -2.52. The van der Waals surface area contributed by atoms with Gasteiger partial charge in [-0.15, -0.1) is 0 Å². The maximum absolute atomic E-state index is 12.7. The normalized spacial score (nSPS) is 18.5. The number of hydrogen-bond acceptors (Lipinski definition) is 1. The number of alkyl halides is 8. The van der Waals surface area contributed by atoms with Crippen molar-refractivity contribution in [3.63, 3.8) is 0 Å². The van der Waals surface area contributed by atoms with Crippen molar-refractivity contribution in [1.29, 1.82) is 0 Å². The predicted octanol–water partition coefficient (Wildman–Crippen LogP) is 4.33. The molecule has 2 unspecified atom stereocenters. The van der Waals surface area contributed by atoms with E-state index in [0.29, 0.717) is 0 Å². The van der Waals surface area contributed by atoms with Crippen molar-refractivity contribution in [3.05, 3.63) is 0 Å². The van der Waals surface area contributed by atoms with Gasteiger partial charge in [-0.05, 0) is 0 Å². The van der Waals surface area contributed by atoms with Gasteiger partial charge in [0.05, 0.1) is 0 Å². The average Bonchev–Trinajstić information content (AvgIpc) is 1.82. The van der Waals surface area contributed by atoms with Gasteiger partial charge in [0.1, 0.15) is 0 Å². The standard InChI is InChI=1S/C4H2Cl6F2O/c5-3(6,7)1(11)13-2(12)4(8,9)10/h1-2H. The summed E-state index contributed by atoms with van der Waals surface area (Å²) in [6.45, 7) is 0. The van der Waals surface area contributed by atoms with Crippen molar-refractivity contribution in [2.24, 2.45) is 0 Å². The van der Waals surface area contributed by atoms with E-state index in [1.165, 1.54) is 0 Å². The van der Waals surface area contributed by atoms with E-state index >= 15 is 0 Å². The summed E-state index contributed by atoms with van der Waals surface area (Å²) < 4.78 is 24.3. The van der Waals surface area contributed by atoms with Crippen LogP contribution in [0.3, 0.4) is 0 Å². The van der Waals surface area contributed by atoms with Gasteiger partial charge in [-0.2, -0.15) is 0 Å². The highest BCUT2D eigenvalue weighted by Crippen LogP contribution is 2.38. The van der Waals surface area contributed by atoms with Crippen LogP contribution in [0.4, 0.5) is 8.78 Å². The van der Waals surface area contributed by atoms with E-state index in [2.05, 4.69) is 4.74 Å². The zero-order valence-electron chi connectivity index (χ0n) is 5.59. The largest absolute Gasteiger partial charge is 0.306 e. The molecule has 0 aliphatic heterocycles. The lowest BCUT2D eigenvalue weighted by molar-refractivity contribution is -0.134. The fourth-order valence-corrected chi connectivity index (χ4v) is 0.568. The third kappa shape index (κ3) is 5.88. The van der Waals surface area contributed by atoms with Gasteiger partial charge in [0.2, 0.25) is 20.3 Å². The van der Waals surface area contributed by atoms with Crippen molar-refractivity contribution in [3.8, 4) is 0 Å². The van der Waals surface area contributed by atoms with Gasteiger partial charge < -0.3 is 4.74 Å². The number of rotatable bonds is 2. The highest BCUT2D eigenvalue weighted by atomic mass is 35.6. The Morgan fingerprint density at radius 3 is 1.15 bits per heavy atom. The molecule has 13 heavy (non-hydrogen) atoms. The fourth-order valence-electron chi connectivity index (χ4n) is 0.259. The smallest absolute Gasteiger partial charge is 0.249 e. The molecule has 0 aromatic heterocycles. The van der Waals surface area contributed by atoms with Crippen molar-refractivity contribution in [2.75, 3.05) is 0 Å². The molecule has 0 saturated heterocycles. The second kappa shape index (κ2) is 5.06. The van der Waals surface area contributed by atoms with Gasteiger partial charge >= 0.3 is 0 Å². The first kappa shape index (κ1) is 14.6. The van der Waals surface area contributed by atoms with E-state index < -0.39 is 20.3 Å². The third-order valence-corrected chi connectivity index (χ3v) is 1.78. The first-order valence-corrected chi connectivity index (χ1v) is 4.89. The molecule has 9 heteroatoms. The molecule has 0 amide bonds. The second-order valence-corrected chi connectivity index (χ2v) is 6.59. The molecule has 0 fully saturated rings. The third-order valence-electron chi connectivity index (χ3n) is 0.754. The van der Waals surface area contributed by atoms with Crippen LogP contribution in [0.15, 0.2) is 0 Å². The fraction of sp³-hybridized carbons (Fsp3) is 1.00. The van der Waals surface area contributed by atoms with Gasteiger partial charge in [-0.25, -0.2) is 8.78 Å². The first-order chi connectivity index (χ1) is 5.55. The van der Waals surface area contributed by atoms with Gasteiger partial charge in [-0.3, -0.25) is 0 Å². The van der Waals surface area contributed by atoms with Crippen molar-refractivity contribution in [1.82, 2.24) is 0 Å². The van der Waals surface area contributed by atoms with Crippen LogP contribution in [0.25, 0.3) is 0 Å². The lowest BCUT2D eigenvalue weighted by Crippen LogP contribution is -2.33. The number of halogens is 8. The van der Waals surface area contributed by atoms with Crippen LogP contribution in [0.1, 0.15) is 0 Å². The molecule has 1 nitrogen and oxygen atoms in total. The van der Waals surface area contributed by atoms with Gasteiger partial charge in [0, 0.05) is 0 Å². The second-order valence-electron chi connectivity index (χ2n) is 1.85. The lowest BCUT2D eigenvalue weighted by Gasteiger charge is -2.22. The van der Waals surface area contributed by atoms with E-state index in [1.807, 2.05) is 0 Å². The molecule has 0 heterocycles. The van der Waals surface area contributed by atoms with Crippen LogP contribution in [0, 0.1) is 0 Å². The summed E-state index contributed by atoms with van der Waals surface area (Å²) in [7, 11) is 0. The molecule has 80 valence electrons.